The van der Waals surface area contributed by atoms with E-state index in [1.54, 1.807) is 0 Å². The first-order chi connectivity index (χ1) is 5.68. The van der Waals surface area contributed by atoms with E-state index in [0.717, 1.165) is 23.8 Å². The lowest BCUT2D eigenvalue weighted by molar-refractivity contribution is -0.0109. The van der Waals surface area contributed by atoms with Gasteiger partial charge in [-0.2, -0.15) is 0 Å². The Morgan fingerprint density at radius 2 is 2.08 bits per heavy atom. The third kappa shape index (κ3) is 1.28. The fraction of sp³-hybridized carbons (Fsp3) is 1.00. The molecule has 3 aliphatic heterocycles. The molecule has 3 fully saturated rings. The van der Waals surface area contributed by atoms with Gasteiger partial charge in [-0.3, -0.25) is 4.90 Å². The second-order valence-electron chi connectivity index (χ2n) is 5.07. The van der Waals surface area contributed by atoms with E-state index in [1.165, 1.54) is 25.9 Å². The van der Waals surface area contributed by atoms with Crippen molar-refractivity contribution in [2.45, 2.75) is 39.7 Å². The SMILES string of the molecule is CC(C)C1CC2CCN1CC2C. The molecule has 2 bridgehead atoms. The Morgan fingerprint density at radius 1 is 1.33 bits per heavy atom. The van der Waals surface area contributed by atoms with Gasteiger partial charge in [0.15, 0.2) is 0 Å². The van der Waals surface area contributed by atoms with Gasteiger partial charge >= 0.3 is 0 Å². The van der Waals surface area contributed by atoms with E-state index in [9.17, 15) is 0 Å². The molecule has 0 spiro atoms. The minimum Gasteiger partial charge on any atom is -0.300 e. The quantitative estimate of drug-likeness (QED) is 0.579. The Morgan fingerprint density at radius 3 is 2.50 bits per heavy atom. The second-order valence-corrected chi connectivity index (χ2v) is 5.07. The minimum atomic E-state index is 0.861. The highest BCUT2D eigenvalue weighted by atomic mass is 15.2. The molecule has 4 unspecified atom stereocenters. The Labute approximate surface area is 76.1 Å². The minimum absolute atomic E-state index is 0.861. The third-order valence-electron chi connectivity index (χ3n) is 3.90. The predicted molar refractivity (Wildman–Crippen MR) is 52.1 cm³/mol. The molecule has 0 aliphatic carbocycles. The lowest BCUT2D eigenvalue weighted by atomic mass is 9.74. The molecule has 3 rings (SSSR count). The highest BCUT2D eigenvalue weighted by molar-refractivity contribution is 4.92. The van der Waals surface area contributed by atoms with Crippen LogP contribution in [0.25, 0.3) is 0 Å². The summed E-state index contributed by atoms with van der Waals surface area (Å²) in [5.74, 6) is 2.87. The van der Waals surface area contributed by atoms with Gasteiger partial charge in [0.1, 0.15) is 0 Å². The molecule has 0 amide bonds. The van der Waals surface area contributed by atoms with Crippen molar-refractivity contribution in [2.75, 3.05) is 13.1 Å². The number of nitrogens with zero attached hydrogens (tertiary/aromatic N) is 1. The summed E-state index contributed by atoms with van der Waals surface area (Å²) in [4.78, 5) is 2.72. The van der Waals surface area contributed by atoms with Crippen LogP contribution in [0.5, 0.6) is 0 Å². The van der Waals surface area contributed by atoms with Crippen LogP contribution in [0.3, 0.4) is 0 Å². The predicted octanol–water partition coefficient (Wildman–Crippen LogP) is 2.37. The lowest BCUT2D eigenvalue weighted by Crippen LogP contribution is -2.54. The molecule has 3 heterocycles. The topological polar surface area (TPSA) is 3.24 Å². The van der Waals surface area contributed by atoms with Crippen LogP contribution in [0.2, 0.25) is 0 Å². The molecule has 0 saturated carbocycles. The highest BCUT2D eigenvalue weighted by Crippen LogP contribution is 2.38. The molecule has 0 aromatic heterocycles. The average Bonchev–Trinajstić information content (AvgIpc) is 2.04. The molecule has 3 saturated heterocycles. The summed E-state index contributed by atoms with van der Waals surface area (Å²) in [7, 11) is 0. The van der Waals surface area contributed by atoms with Gasteiger partial charge in [-0.25, -0.2) is 0 Å². The van der Waals surface area contributed by atoms with Crippen LogP contribution < -0.4 is 0 Å². The zero-order valence-corrected chi connectivity index (χ0v) is 8.59. The molecule has 12 heavy (non-hydrogen) atoms. The van der Waals surface area contributed by atoms with Gasteiger partial charge < -0.3 is 0 Å². The molecular weight excluding hydrogens is 146 g/mol. The lowest BCUT2D eigenvalue weighted by Gasteiger charge is -2.50. The van der Waals surface area contributed by atoms with Gasteiger partial charge in [-0.1, -0.05) is 20.8 Å². The maximum atomic E-state index is 2.72. The summed E-state index contributed by atoms with van der Waals surface area (Å²) < 4.78 is 0. The van der Waals surface area contributed by atoms with Crippen molar-refractivity contribution < 1.29 is 0 Å². The standard InChI is InChI=1S/C11H21N/c1-8(2)11-6-10-4-5-12(11)7-9(10)3/h8-11H,4-7H2,1-3H3. The van der Waals surface area contributed by atoms with E-state index in [-0.39, 0.29) is 0 Å². The van der Waals surface area contributed by atoms with Crippen LogP contribution in [0.15, 0.2) is 0 Å². The van der Waals surface area contributed by atoms with Gasteiger partial charge in [-0.15, -0.1) is 0 Å². The first-order valence-electron chi connectivity index (χ1n) is 5.42. The molecule has 0 N–H and O–H groups in total. The highest BCUT2D eigenvalue weighted by Gasteiger charge is 2.38. The van der Waals surface area contributed by atoms with Crippen molar-refractivity contribution in [2.24, 2.45) is 17.8 Å². The van der Waals surface area contributed by atoms with Crippen molar-refractivity contribution in [3.05, 3.63) is 0 Å². The Balaban J connectivity index is 2.05. The molecule has 0 aromatic carbocycles. The molecular formula is C11H21N. The van der Waals surface area contributed by atoms with Crippen molar-refractivity contribution >= 4 is 0 Å². The van der Waals surface area contributed by atoms with Gasteiger partial charge in [0.05, 0.1) is 0 Å². The second kappa shape index (κ2) is 3.02. The zero-order valence-electron chi connectivity index (χ0n) is 8.59. The van der Waals surface area contributed by atoms with E-state index >= 15 is 0 Å². The van der Waals surface area contributed by atoms with Crippen LogP contribution >= 0.6 is 0 Å². The zero-order chi connectivity index (χ0) is 8.72. The number of hydrogen-bond donors (Lipinski definition) is 0. The first-order valence-corrected chi connectivity index (χ1v) is 5.42. The Kier molecular flexibility index (Phi) is 2.16. The van der Waals surface area contributed by atoms with Crippen LogP contribution in [0.4, 0.5) is 0 Å². The number of fused-ring (bicyclic) bond motifs is 3. The summed E-state index contributed by atoms with van der Waals surface area (Å²) in [6, 6.07) is 0.903. The van der Waals surface area contributed by atoms with Crippen molar-refractivity contribution in [1.82, 2.24) is 4.90 Å². The number of rotatable bonds is 1. The van der Waals surface area contributed by atoms with Gasteiger partial charge in [0, 0.05) is 12.6 Å². The van der Waals surface area contributed by atoms with Crippen molar-refractivity contribution in [3.8, 4) is 0 Å². The van der Waals surface area contributed by atoms with Gasteiger partial charge in [0.2, 0.25) is 0 Å². The van der Waals surface area contributed by atoms with E-state index < -0.39 is 0 Å². The van der Waals surface area contributed by atoms with Crippen molar-refractivity contribution in [3.63, 3.8) is 0 Å². The summed E-state index contributed by atoms with van der Waals surface area (Å²) in [6.07, 6.45) is 2.93. The maximum absolute atomic E-state index is 2.72. The number of hydrogen-bond acceptors (Lipinski definition) is 1. The molecule has 70 valence electrons. The van der Waals surface area contributed by atoms with Crippen LogP contribution in [-0.2, 0) is 0 Å². The fourth-order valence-electron chi connectivity index (χ4n) is 3.03. The molecule has 1 heteroatoms. The molecule has 1 nitrogen and oxygen atoms in total. The van der Waals surface area contributed by atoms with E-state index in [4.69, 9.17) is 0 Å². The van der Waals surface area contributed by atoms with E-state index in [1.807, 2.05) is 0 Å². The first kappa shape index (κ1) is 8.55. The van der Waals surface area contributed by atoms with Gasteiger partial charge in [0.25, 0.3) is 0 Å². The van der Waals surface area contributed by atoms with Crippen molar-refractivity contribution in [1.29, 1.82) is 0 Å². The normalized spacial score (nSPS) is 47.0. The summed E-state index contributed by atoms with van der Waals surface area (Å²) in [5, 5.41) is 0. The monoisotopic (exact) mass is 167 g/mol. The molecule has 3 aliphatic rings. The Hall–Kier alpha value is -0.0400. The van der Waals surface area contributed by atoms with Crippen LogP contribution in [-0.4, -0.2) is 24.0 Å². The summed E-state index contributed by atoms with van der Waals surface area (Å²) in [5.41, 5.74) is 0. The molecule has 0 aromatic rings. The molecule has 0 radical (unpaired) electrons. The van der Waals surface area contributed by atoms with Gasteiger partial charge in [-0.05, 0) is 37.1 Å². The fourth-order valence-corrected chi connectivity index (χ4v) is 3.03. The number of piperidine rings is 3. The van der Waals surface area contributed by atoms with E-state index in [0.29, 0.717) is 0 Å². The third-order valence-corrected chi connectivity index (χ3v) is 3.90. The maximum Gasteiger partial charge on any atom is 0.0121 e. The smallest absolute Gasteiger partial charge is 0.0121 e. The average molecular weight is 167 g/mol. The largest absolute Gasteiger partial charge is 0.300 e. The van der Waals surface area contributed by atoms with Crippen LogP contribution in [0, 0.1) is 17.8 Å². The Bertz CT molecular complexity index is 164. The van der Waals surface area contributed by atoms with E-state index in [2.05, 4.69) is 25.7 Å². The van der Waals surface area contributed by atoms with Crippen LogP contribution in [0.1, 0.15) is 33.6 Å². The summed E-state index contributed by atoms with van der Waals surface area (Å²) in [6.45, 7) is 9.91. The summed E-state index contributed by atoms with van der Waals surface area (Å²) >= 11 is 0. The molecule has 4 atom stereocenters.